The third-order valence-electron chi connectivity index (χ3n) is 3.84. The van der Waals surface area contributed by atoms with Crippen LogP contribution in [0.5, 0.6) is 5.75 Å². The number of rotatable bonds is 4. The summed E-state index contributed by atoms with van der Waals surface area (Å²) in [6.45, 7) is 5.77. The van der Waals surface area contributed by atoms with Gasteiger partial charge >= 0.3 is 0 Å². The lowest BCUT2D eigenvalue weighted by Gasteiger charge is -2.25. The summed E-state index contributed by atoms with van der Waals surface area (Å²) in [6.07, 6.45) is 2.08. The highest BCUT2D eigenvalue weighted by atomic mass is 16.5. The van der Waals surface area contributed by atoms with Gasteiger partial charge in [-0.2, -0.15) is 4.98 Å². The Hall–Kier alpha value is -1.88. The lowest BCUT2D eigenvalue weighted by molar-refractivity contribution is 0.295. The van der Waals surface area contributed by atoms with E-state index in [0.29, 0.717) is 24.4 Å². The van der Waals surface area contributed by atoms with Gasteiger partial charge in [-0.25, -0.2) is 0 Å². The molecule has 1 aliphatic heterocycles. The zero-order chi connectivity index (χ0) is 14.7. The van der Waals surface area contributed by atoms with E-state index in [0.717, 1.165) is 36.6 Å². The molecule has 112 valence electrons. The first-order valence-corrected chi connectivity index (χ1v) is 7.57. The molecule has 1 saturated heterocycles. The molecule has 0 bridgehead atoms. The molecule has 2 unspecified atom stereocenters. The lowest BCUT2D eigenvalue weighted by Crippen LogP contribution is -2.34. The van der Waals surface area contributed by atoms with E-state index in [1.54, 1.807) is 0 Å². The highest BCUT2D eigenvalue weighted by Crippen LogP contribution is 2.31. The van der Waals surface area contributed by atoms with Crippen molar-refractivity contribution in [1.82, 2.24) is 15.5 Å². The van der Waals surface area contributed by atoms with Crippen molar-refractivity contribution >= 4 is 0 Å². The summed E-state index contributed by atoms with van der Waals surface area (Å²) in [4.78, 5) is 4.60. The van der Waals surface area contributed by atoms with Crippen LogP contribution in [0.15, 0.2) is 28.8 Å². The molecule has 0 saturated carbocycles. The van der Waals surface area contributed by atoms with Crippen molar-refractivity contribution in [1.29, 1.82) is 0 Å². The van der Waals surface area contributed by atoms with E-state index >= 15 is 0 Å². The number of nitrogens with zero attached hydrogens (tertiary/aromatic N) is 2. The Labute approximate surface area is 124 Å². The smallest absolute Gasteiger partial charge is 0.230 e. The average Bonchev–Trinajstić information content (AvgIpc) is 2.98. The summed E-state index contributed by atoms with van der Waals surface area (Å²) in [5.41, 5.74) is 0.885. The van der Waals surface area contributed by atoms with E-state index in [1.165, 1.54) is 0 Å². The number of nitrogens with one attached hydrogen (secondary N) is 1. The number of hydrogen-bond acceptors (Lipinski definition) is 5. The van der Waals surface area contributed by atoms with Gasteiger partial charge in [0.1, 0.15) is 5.75 Å². The third kappa shape index (κ3) is 3.08. The van der Waals surface area contributed by atoms with Gasteiger partial charge in [-0.05, 0) is 45.4 Å². The minimum absolute atomic E-state index is 0.349. The Kier molecular flexibility index (Phi) is 4.20. The standard InChI is InChI=1S/C16H21N3O2/c1-3-20-14-7-5-4-6-13(14)15-18-16(21-19-15)12-8-9-17-11(2)10-12/h4-7,11-12,17H,3,8-10H2,1-2H3. The van der Waals surface area contributed by atoms with E-state index in [4.69, 9.17) is 9.26 Å². The van der Waals surface area contributed by atoms with E-state index < -0.39 is 0 Å². The van der Waals surface area contributed by atoms with Gasteiger partial charge in [0.2, 0.25) is 11.7 Å². The molecule has 0 radical (unpaired) electrons. The molecule has 2 aromatic rings. The first-order chi connectivity index (χ1) is 10.3. The van der Waals surface area contributed by atoms with E-state index in [9.17, 15) is 0 Å². The maximum atomic E-state index is 5.63. The predicted octanol–water partition coefficient (Wildman–Crippen LogP) is 2.99. The molecule has 21 heavy (non-hydrogen) atoms. The molecule has 2 atom stereocenters. The number of piperidine rings is 1. The summed E-state index contributed by atoms with van der Waals surface area (Å²) in [7, 11) is 0. The number of hydrogen-bond donors (Lipinski definition) is 1. The van der Waals surface area contributed by atoms with Crippen molar-refractivity contribution in [3.63, 3.8) is 0 Å². The molecular weight excluding hydrogens is 266 g/mol. The fraction of sp³-hybridized carbons (Fsp3) is 0.500. The summed E-state index contributed by atoms with van der Waals surface area (Å²) in [5, 5.41) is 7.58. The Morgan fingerprint density at radius 1 is 1.38 bits per heavy atom. The highest BCUT2D eigenvalue weighted by molar-refractivity contribution is 5.63. The summed E-state index contributed by atoms with van der Waals surface area (Å²) in [5.74, 6) is 2.50. The third-order valence-corrected chi connectivity index (χ3v) is 3.84. The largest absolute Gasteiger partial charge is 0.493 e. The molecule has 5 nitrogen and oxygen atoms in total. The molecule has 1 aliphatic rings. The van der Waals surface area contributed by atoms with Crippen molar-refractivity contribution in [3.05, 3.63) is 30.2 Å². The molecule has 0 spiro atoms. The molecule has 0 aliphatic carbocycles. The van der Waals surface area contributed by atoms with Crippen LogP contribution < -0.4 is 10.1 Å². The lowest BCUT2D eigenvalue weighted by atomic mass is 9.93. The van der Waals surface area contributed by atoms with Crippen LogP contribution >= 0.6 is 0 Å². The molecule has 0 amide bonds. The van der Waals surface area contributed by atoms with Crippen LogP contribution in [0, 0.1) is 0 Å². The topological polar surface area (TPSA) is 60.2 Å². The van der Waals surface area contributed by atoms with E-state index in [1.807, 2.05) is 31.2 Å². The fourth-order valence-electron chi connectivity index (χ4n) is 2.80. The number of aromatic nitrogens is 2. The number of para-hydroxylation sites is 1. The molecule has 5 heteroatoms. The first-order valence-electron chi connectivity index (χ1n) is 7.57. The van der Waals surface area contributed by atoms with Gasteiger partial charge in [0.15, 0.2) is 0 Å². The van der Waals surface area contributed by atoms with Gasteiger partial charge in [-0.3, -0.25) is 0 Å². The zero-order valence-corrected chi connectivity index (χ0v) is 12.5. The van der Waals surface area contributed by atoms with Gasteiger partial charge in [-0.1, -0.05) is 17.3 Å². The van der Waals surface area contributed by atoms with Crippen LogP contribution in [0.2, 0.25) is 0 Å². The monoisotopic (exact) mass is 287 g/mol. The zero-order valence-electron chi connectivity index (χ0n) is 12.5. The molecule has 1 N–H and O–H groups in total. The highest BCUT2D eigenvalue weighted by Gasteiger charge is 2.25. The molecule has 3 rings (SSSR count). The minimum Gasteiger partial charge on any atom is -0.493 e. The molecule has 1 fully saturated rings. The van der Waals surface area contributed by atoms with Gasteiger partial charge in [0.25, 0.3) is 0 Å². The van der Waals surface area contributed by atoms with E-state index in [2.05, 4.69) is 22.4 Å². The second-order valence-corrected chi connectivity index (χ2v) is 5.46. The molecule has 1 aromatic carbocycles. The van der Waals surface area contributed by atoms with E-state index in [-0.39, 0.29) is 0 Å². The Bertz CT molecular complexity index is 597. The van der Waals surface area contributed by atoms with Gasteiger partial charge in [0.05, 0.1) is 12.2 Å². The Morgan fingerprint density at radius 2 is 2.24 bits per heavy atom. The molecular formula is C16H21N3O2. The Balaban J connectivity index is 1.84. The van der Waals surface area contributed by atoms with Gasteiger partial charge < -0.3 is 14.6 Å². The van der Waals surface area contributed by atoms with Crippen LogP contribution in [-0.4, -0.2) is 29.3 Å². The second kappa shape index (κ2) is 6.26. The van der Waals surface area contributed by atoms with Crippen LogP contribution in [0.3, 0.4) is 0 Å². The average molecular weight is 287 g/mol. The van der Waals surface area contributed by atoms with Crippen LogP contribution in [-0.2, 0) is 0 Å². The Morgan fingerprint density at radius 3 is 3.05 bits per heavy atom. The normalized spacial score (nSPS) is 22.2. The quantitative estimate of drug-likeness (QED) is 0.936. The molecule has 1 aromatic heterocycles. The minimum atomic E-state index is 0.349. The van der Waals surface area contributed by atoms with Crippen LogP contribution in [0.1, 0.15) is 38.5 Å². The van der Waals surface area contributed by atoms with Crippen molar-refractivity contribution in [3.8, 4) is 17.1 Å². The number of ether oxygens (including phenoxy) is 1. The van der Waals surface area contributed by atoms with Gasteiger partial charge in [0, 0.05) is 12.0 Å². The fourth-order valence-corrected chi connectivity index (χ4v) is 2.80. The van der Waals surface area contributed by atoms with Crippen molar-refractivity contribution in [2.24, 2.45) is 0 Å². The molecule has 2 heterocycles. The van der Waals surface area contributed by atoms with Gasteiger partial charge in [-0.15, -0.1) is 0 Å². The van der Waals surface area contributed by atoms with Crippen molar-refractivity contribution in [2.45, 2.75) is 38.6 Å². The van der Waals surface area contributed by atoms with Crippen molar-refractivity contribution in [2.75, 3.05) is 13.2 Å². The summed E-state index contributed by atoms with van der Waals surface area (Å²) in [6, 6.07) is 8.30. The number of benzene rings is 1. The second-order valence-electron chi connectivity index (χ2n) is 5.46. The first kappa shape index (κ1) is 14.1. The summed E-state index contributed by atoms with van der Waals surface area (Å²) >= 11 is 0. The maximum absolute atomic E-state index is 5.63. The maximum Gasteiger partial charge on any atom is 0.230 e. The SMILES string of the molecule is CCOc1ccccc1-c1noc(C2CCNC(C)C2)n1. The summed E-state index contributed by atoms with van der Waals surface area (Å²) < 4.78 is 11.1. The van der Waals surface area contributed by atoms with Crippen molar-refractivity contribution < 1.29 is 9.26 Å². The predicted molar refractivity (Wildman–Crippen MR) is 80.3 cm³/mol. The van der Waals surface area contributed by atoms with Crippen LogP contribution in [0.25, 0.3) is 11.4 Å². The van der Waals surface area contributed by atoms with Crippen LogP contribution in [0.4, 0.5) is 0 Å².